The van der Waals surface area contributed by atoms with E-state index in [0.717, 1.165) is 26.1 Å². The van der Waals surface area contributed by atoms with Crippen molar-refractivity contribution in [3.05, 3.63) is 36.9 Å². The van der Waals surface area contributed by atoms with Crippen LogP contribution in [-0.2, 0) is 9.53 Å². The molecule has 0 atom stereocenters. The van der Waals surface area contributed by atoms with Gasteiger partial charge in [-0.1, -0.05) is 0 Å². The van der Waals surface area contributed by atoms with Crippen molar-refractivity contribution in [2.45, 2.75) is 18.9 Å². The van der Waals surface area contributed by atoms with Crippen LogP contribution in [0.3, 0.4) is 0 Å². The lowest BCUT2D eigenvalue weighted by Crippen LogP contribution is -2.21. The van der Waals surface area contributed by atoms with Crippen molar-refractivity contribution in [3.63, 3.8) is 0 Å². The van der Waals surface area contributed by atoms with Crippen LogP contribution >= 0.6 is 0 Å². The molecule has 2 aromatic rings. The van der Waals surface area contributed by atoms with Gasteiger partial charge in [-0.15, -0.1) is 0 Å². The molecule has 0 aromatic carbocycles. The Bertz CT molecular complexity index is 608. The highest BCUT2D eigenvalue weighted by Crippen LogP contribution is 2.21. The molecule has 0 aliphatic carbocycles. The number of hydrogen-bond donors (Lipinski definition) is 1. The van der Waals surface area contributed by atoms with E-state index in [-0.39, 0.29) is 12.5 Å². The fraction of sp³-hybridized carbons (Fsp3) is 0.400. The summed E-state index contributed by atoms with van der Waals surface area (Å²) in [5.41, 5.74) is 0.672. The molecule has 7 heteroatoms. The maximum Gasteiger partial charge on any atom is 0.262 e. The second-order valence-corrected chi connectivity index (χ2v) is 5.08. The highest BCUT2D eigenvalue weighted by atomic mass is 16.5. The number of pyridine rings is 1. The van der Waals surface area contributed by atoms with Crippen LogP contribution in [0.4, 0.5) is 5.69 Å². The van der Waals surface area contributed by atoms with Crippen LogP contribution in [0.25, 0.3) is 0 Å². The predicted molar refractivity (Wildman–Crippen MR) is 79.7 cm³/mol. The molecule has 116 valence electrons. The van der Waals surface area contributed by atoms with Gasteiger partial charge in [0.1, 0.15) is 5.75 Å². The summed E-state index contributed by atoms with van der Waals surface area (Å²) in [6.45, 7) is 1.45. The van der Waals surface area contributed by atoms with Crippen molar-refractivity contribution in [3.8, 4) is 5.75 Å². The number of ether oxygens (including phenoxy) is 2. The Labute approximate surface area is 128 Å². The number of nitrogens with zero attached hydrogens (tertiary/aromatic N) is 3. The average molecular weight is 302 g/mol. The molecule has 1 saturated heterocycles. The van der Waals surface area contributed by atoms with Crippen molar-refractivity contribution in [2.24, 2.45) is 0 Å². The highest BCUT2D eigenvalue weighted by molar-refractivity contribution is 5.91. The lowest BCUT2D eigenvalue weighted by Gasteiger charge is -2.22. The first-order valence-electron chi connectivity index (χ1n) is 7.26. The lowest BCUT2D eigenvalue weighted by atomic mass is 10.1. The molecule has 1 fully saturated rings. The van der Waals surface area contributed by atoms with E-state index in [9.17, 15) is 4.79 Å². The fourth-order valence-corrected chi connectivity index (χ4v) is 2.33. The second kappa shape index (κ2) is 7.04. The number of amides is 1. The molecule has 2 aromatic heterocycles. The Hall–Kier alpha value is -2.41. The normalized spacial score (nSPS) is 15.5. The van der Waals surface area contributed by atoms with Crippen LogP contribution in [0.15, 0.2) is 36.9 Å². The minimum atomic E-state index is -0.226. The standard InChI is InChI=1S/C15H18N4O3/c20-15(11-22-14-2-1-5-16-9-14)18-12-8-17-19(10-12)13-3-6-21-7-4-13/h1-2,5,8-10,13H,3-4,6-7,11H2,(H,18,20). The first kappa shape index (κ1) is 14.5. The maximum absolute atomic E-state index is 11.9. The molecule has 1 amide bonds. The Balaban J connectivity index is 1.50. The SMILES string of the molecule is O=C(COc1cccnc1)Nc1cnn(C2CCOCC2)c1. The van der Waals surface area contributed by atoms with Crippen molar-refractivity contribution in [1.82, 2.24) is 14.8 Å². The zero-order valence-electron chi connectivity index (χ0n) is 12.1. The van der Waals surface area contributed by atoms with E-state index < -0.39 is 0 Å². The van der Waals surface area contributed by atoms with Crippen LogP contribution in [-0.4, -0.2) is 40.5 Å². The van der Waals surface area contributed by atoms with Gasteiger partial charge in [-0.25, -0.2) is 0 Å². The number of carbonyl (C=O) groups excluding carboxylic acids is 1. The molecule has 1 aliphatic rings. The Kier molecular flexibility index (Phi) is 4.65. The summed E-state index contributed by atoms with van der Waals surface area (Å²) >= 11 is 0. The predicted octanol–water partition coefficient (Wildman–Crippen LogP) is 1.65. The van der Waals surface area contributed by atoms with E-state index in [4.69, 9.17) is 9.47 Å². The molecule has 0 unspecified atom stereocenters. The third kappa shape index (κ3) is 3.82. The van der Waals surface area contributed by atoms with Crippen LogP contribution in [0, 0.1) is 0 Å². The zero-order chi connectivity index (χ0) is 15.2. The number of anilines is 1. The average Bonchev–Trinajstić information content (AvgIpc) is 3.03. The molecule has 0 bridgehead atoms. The third-order valence-electron chi connectivity index (χ3n) is 3.45. The topological polar surface area (TPSA) is 78.3 Å². The molecule has 7 nitrogen and oxygen atoms in total. The van der Waals surface area contributed by atoms with Crippen LogP contribution in [0.1, 0.15) is 18.9 Å². The minimum absolute atomic E-state index is 0.0614. The van der Waals surface area contributed by atoms with Crippen LogP contribution < -0.4 is 10.1 Å². The van der Waals surface area contributed by atoms with Gasteiger partial charge in [0.2, 0.25) is 0 Å². The quantitative estimate of drug-likeness (QED) is 0.908. The molecule has 1 aliphatic heterocycles. The Morgan fingerprint density at radius 1 is 1.41 bits per heavy atom. The molecule has 1 N–H and O–H groups in total. The van der Waals surface area contributed by atoms with E-state index in [0.29, 0.717) is 17.5 Å². The zero-order valence-corrected chi connectivity index (χ0v) is 12.1. The lowest BCUT2D eigenvalue weighted by molar-refractivity contribution is -0.118. The number of nitrogens with one attached hydrogen (secondary N) is 1. The molecule has 0 radical (unpaired) electrons. The van der Waals surface area contributed by atoms with Crippen LogP contribution in [0.2, 0.25) is 0 Å². The number of aromatic nitrogens is 3. The Morgan fingerprint density at radius 2 is 2.27 bits per heavy atom. The van der Waals surface area contributed by atoms with Crippen molar-refractivity contribution in [2.75, 3.05) is 25.1 Å². The summed E-state index contributed by atoms with van der Waals surface area (Å²) in [5, 5.41) is 7.08. The van der Waals surface area contributed by atoms with Crippen molar-refractivity contribution in [1.29, 1.82) is 0 Å². The number of carbonyl (C=O) groups is 1. The van der Waals surface area contributed by atoms with Gasteiger partial charge in [0.15, 0.2) is 6.61 Å². The highest BCUT2D eigenvalue weighted by Gasteiger charge is 2.16. The van der Waals surface area contributed by atoms with E-state index >= 15 is 0 Å². The van der Waals surface area contributed by atoms with E-state index in [2.05, 4.69) is 15.4 Å². The molecule has 0 saturated carbocycles. The van der Waals surface area contributed by atoms with Gasteiger partial charge in [0.05, 0.1) is 24.1 Å². The second-order valence-electron chi connectivity index (χ2n) is 5.08. The molecular weight excluding hydrogens is 284 g/mol. The maximum atomic E-state index is 11.9. The van der Waals surface area contributed by atoms with Gasteiger partial charge < -0.3 is 14.8 Å². The first-order chi connectivity index (χ1) is 10.8. The van der Waals surface area contributed by atoms with E-state index in [1.165, 1.54) is 0 Å². The van der Waals surface area contributed by atoms with Gasteiger partial charge in [0, 0.05) is 25.6 Å². The fourth-order valence-electron chi connectivity index (χ4n) is 2.33. The van der Waals surface area contributed by atoms with E-state index in [1.54, 1.807) is 30.7 Å². The largest absolute Gasteiger partial charge is 0.482 e. The third-order valence-corrected chi connectivity index (χ3v) is 3.45. The minimum Gasteiger partial charge on any atom is -0.482 e. The van der Waals surface area contributed by atoms with E-state index in [1.807, 2.05) is 10.9 Å². The van der Waals surface area contributed by atoms with Crippen molar-refractivity contribution < 1.29 is 14.3 Å². The van der Waals surface area contributed by atoms with Gasteiger partial charge in [-0.05, 0) is 25.0 Å². The number of rotatable bonds is 5. The van der Waals surface area contributed by atoms with Gasteiger partial charge >= 0.3 is 0 Å². The Morgan fingerprint density at radius 3 is 3.05 bits per heavy atom. The van der Waals surface area contributed by atoms with Gasteiger partial charge in [0.25, 0.3) is 5.91 Å². The molecule has 22 heavy (non-hydrogen) atoms. The summed E-state index contributed by atoms with van der Waals surface area (Å²) in [4.78, 5) is 15.8. The number of hydrogen-bond acceptors (Lipinski definition) is 5. The van der Waals surface area contributed by atoms with Crippen molar-refractivity contribution >= 4 is 11.6 Å². The van der Waals surface area contributed by atoms with Gasteiger partial charge in [-0.3, -0.25) is 14.5 Å². The summed E-state index contributed by atoms with van der Waals surface area (Å²) in [6, 6.07) is 3.85. The molecule has 0 spiro atoms. The monoisotopic (exact) mass is 302 g/mol. The van der Waals surface area contributed by atoms with Crippen LogP contribution in [0.5, 0.6) is 5.75 Å². The van der Waals surface area contributed by atoms with Gasteiger partial charge in [-0.2, -0.15) is 5.10 Å². The summed E-state index contributed by atoms with van der Waals surface area (Å²) < 4.78 is 12.6. The molecule has 3 rings (SSSR count). The molecular formula is C15H18N4O3. The first-order valence-corrected chi connectivity index (χ1v) is 7.26. The summed E-state index contributed by atoms with van der Waals surface area (Å²) in [6.07, 6.45) is 8.60. The summed E-state index contributed by atoms with van der Waals surface area (Å²) in [5.74, 6) is 0.339. The smallest absolute Gasteiger partial charge is 0.262 e. The molecule has 3 heterocycles. The summed E-state index contributed by atoms with van der Waals surface area (Å²) in [7, 11) is 0.